The summed E-state index contributed by atoms with van der Waals surface area (Å²) in [5.74, 6) is 0.295. The fourth-order valence-electron chi connectivity index (χ4n) is 1.66. The molecule has 0 aliphatic carbocycles. The first kappa shape index (κ1) is 13.0. The molecule has 0 aliphatic rings. The van der Waals surface area contributed by atoms with E-state index in [0.717, 1.165) is 31.2 Å². The molecule has 3 nitrogen and oxygen atoms in total. The predicted molar refractivity (Wildman–Crippen MR) is 63.3 cm³/mol. The average Bonchev–Trinajstić information content (AvgIpc) is 2.31. The number of unbranched alkanes of at least 4 members (excludes halogenated alkanes) is 2. The molecule has 1 unspecified atom stereocenters. The molecule has 0 aromatic heterocycles. The molecular formula is C13H20O3. The molecule has 1 aromatic rings. The van der Waals surface area contributed by atoms with Crippen LogP contribution in [0.3, 0.4) is 0 Å². The van der Waals surface area contributed by atoms with Crippen molar-refractivity contribution in [2.24, 2.45) is 0 Å². The zero-order valence-electron chi connectivity index (χ0n) is 9.94. The lowest BCUT2D eigenvalue weighted by molar-refractivity contribution is -0.0769. The molecule has 1 aromatic carbocycles. The molecule has 0 aliphatic heterocycles. The smallest absolute Gasteiger partial charge is 0.180 e. The Morgan fingerprint density at radius 3 is 2.69 bits per heavy atom. The van der Waals surface area contributed by atoms with Gasteiger partial charge in [0.05, 0.1) is 0 Å². The molecule has 0 bridgehead atoms. The Bertz CT molecular complexity index is 323. The van der Waals surface area contributed by atoms with E-state index in [1.807, 2.05) is 0 Å². The number of phenolic OH excluding ortho intramolecular Hbond substituents is 1. The Morgan fingerprint density at radius 2 is 2.06 bits per heavy atom. The molecule has 90 valence electrons. The van der Waals surface area contributed by atoms with Gasteiger partial charge in [-0.1, -0.05) is 25.8 Å². The third kappa shape index (κ3) is 3.51. The van der Waals surface area contributed by atoms with Crippen LogP contribution in [-0.4, -0.2) is 17.3 Å². The largest absolute Gasteiger partial charge is 0.508 e. The molecule has 0 saturated carbocycles. The summed E-state index contributed by atoms with van der Waals surface area (Å²) in [6.45, 7) is 2.14. The van der Waals surface area contributed by atoms with Gasteiger partial charge >= 0.3 is 0 Å². The molecule has 16 heavy (non-hydrogen) atoms. The summed E-state index contributed by atoms with van der Waals surface area (Å²) in [6, 6.07) is 5.09. The Balaban J connectivity index is 2.74. The maximum absolute atomic E-state index is 9.67. The van der Waals surface area contributed by atoms with E-state index in [9.17, 15) is 10.2 Å². The van der Waals surface area contributed by atoms with Gasteiger partial charge < -0.3 is 14.9 Å². The normalized spacial score (nSPS) is 12.7. The average molecular weight is 224 g/mol. The number of methoxy groups -OCH3 is 1. The SMILES string of the molecule is CCCCCc1cc(C(O)OC)ccc1O. The highest BCUT2D eigenvalue weighted by atomic mass is 16.6. The van der Waals surface area contributed by atoms with Gasteiger partial charge in [0.2, 0.25) is 0 Å². The van der Waals surface area contributed by atoms with Crippen molar-refractivity contribution >= 4 is 0 Å². The number of aliphatic hydroxyl groups is 1. The number of ether oxygens (including phenoxy) is 1. The third-order valence-corrected chi connectivity index (χ3v) is 2.66. The second kappa shape index (κ2) is 6.51. The summed E-state index contributed by atoms with van der Waals surface area (Å²) in [5, 5.41) is 19.2. The van der Waals surface area contributed by atoms with Gasteiger partial charge in [0.25, 0.3) is 0 Å². The second-order valence-electron chi connectivity index (χ2n) is 3.93. The lowest BCUT2D eigenvalue weighted by Gasteiger charge is -2.11. The molecule has 0 spiro atoms. The van der Waals surface area contributed by atoms with Gasteiger partial charge in [0, 0.05) is 12.7 Å². The van der Waals surface area contributed by atoms with Gasteiger partial charge in [-0.15, -0.1) is 0 Å². The lowest BCUT2D eigenvalue weighted by Crippen LogP contribution is -2.00. The van der Waals surface area contributed by atoms with Crippen LogP contribution in [0.15, 0.2) is 18.2 Å². The van der Waals surface area contributed by atoms with Crippen molar-refractivity contribution in [2.45, 2.75) is 38.9 Å². The highest BCUT2D eigenvalue weighted by Crippen LogP contribution is 2.24. The van der Waals surface area contributed by atoms with E-state index in [0.29, 0.717) is 11.3 Å². The molecule has 3 heteroatoms. The fourth-order valence-corrected chi connectivity index (χ4v) is 1.66. The first-order valence-corrected chi connectivity index (χ1v) is 5.71. The number of benzene rings is 1. The van der Waals surface area contributed by atoms with Crippen LogP contribution < -0.4 is 0 Å². The van der Waals surface area contributed by atoms with Crippen LogP contribution in [0.25, 0.3) is 0 Å². The second-order valence-corrected chi connectivity index (χ2v) is 3.93. The summed E-state index contributed by atoms with van der Waals surface area (Å²) in [5.41, 5.74) is 1.56. The van der Waals surface area contributed by atoms with E-state index < -0.39 is 6.29 Å². The van der Waals surface area contributed by atoms with Gasteiger partial charge in [0.1, 0.15) is 5.75 Å². The van der Waals surface area contributed by atoms with E-state index in [1.54, 1.807) is 18.2 Å². The molecule has 2 N–H and O–H groups in total. The van der Waals surface area contributed by atoms with Crippen LogP contribution in [0, 0.1) is 0 Å². The fraction of sp³-hybridized carbons (Fsp3) is 0.538. The molecule has 1 rings (SSSR count). The van der Waals surface area contributed by atoms with Crippen molar-refractivity contribution in [3.63, 3.8) is 0 Å². The van der Waals surface area contributed by atoms with Gasteiger partial charge in [-0.05, 0) is 30.5 Å². The van der Waals surface area contributed by atoms with Crippen LogP contribution in [-0.2, 0) is 11.2 Å². The van der Waals surface area contributed by atoms with E-state index in [1.165, 1.54) is 7.11 Å². The van der Waals surface area contributed by atoms with Crippen LogP contribution in [0.4, 0.5) is 0 Å². The highest BCUT2D eigenvalue weighted by molar-refractivity contribution is 5.36. The number of phenols is 1. The van der Waals surface area contributed by atoms with Gasteiger partial charge in [-0.2, -0.15) is 0 Å². The standard InChI is InChI=1S/C13H20O3/c1-3-4-5-6-10-9-11(13(15)16-2)7-8-12(10)14/h7-9,13-15H,3-6H2,1-2H3. The quantitative estimate of drug-likeness (QED) is 0.577. The van der Waals surface area contributed by atoms with Gasteiger partial charge in [-0.25, -0.2) is 0 Å². The maximum Gasteiger partial charge on any atom is 0.180 e. The molecule has 0 heterocycles. The van der Waals surface area contributed by atoms with Gasteiger partial charge in [-0.3, -0.25) is 0 Å². The monoisotopic (exact) mass is 224 g/mol. The Morgan fingerprint density at radius 1 is 1.31 bits per heavy atom. The molecule has 0 saturated heterocycles. The number of rotatable bonds is 6. The number of aromatic hydroxyl groups is 1. The zero-order valence-corrected chi connectivity index (χ0v) is 9.94. The first-order chi connectivity index (χ1) is 7.69. The summed E-state index contributed by atoms with van der Waals surface area (Å²) in [4.78, 5) is 0. The summed E-state index contributed by atoms with van der Waals surface area (Å²) in [6.07, 6.45) is 3.28. The molecular weight excluding hydrogens is 204 g/mol. The van der Waals surface area contributed by atoms with E-state index in [-0.39, 0.29) is 0 Å². The summed E-state index contributed by atoms with van der Waals surface area (Å²) in [7, 11) is 1.45. The summed E-state index contributed by atoms with van der Waals surface area (Å²) >= 11 is 0. The summed E-state index contributed by atoms with van der Waals surface area (Å²) < 4.78 is 4.83. The first-order valence-electron chi connectivity index (χ1n) is 5.71. The van der Waals surface area contributed by atoms with Gasteiger partial charge in [0.15, 0.2) is 6.29 Å². The lowest BCUT2D eigenvalue weighted by atomic mass is 10.0. The maximum atomic E-state index is 9.67. The number of hydrogen-bond donors (Lipinski definition) is 2. The van der Waals surface area contributed by atoms with Crippen molar-refractivity contribution in [3.05, 3.63) is 29.3 Å². The van der Waals surface area contributed by atoms with Crippen molar-refractivity contribution in [2.75, 3.05) is 7.11 Å². The van der Waals surface area contributed by atoms with E-state index in [4.69, 9.17) is 4.74 Å². The van der Waals surface area contributed by atoms with Crippen LogP contribution in [0.1, 0.15) is 43.6 Å². The molecule has 1 atom stereocenters. The van der Waals surface area contributed by atoms with Crippen LogP contribution in [0.2, 0.25) is 0 Å². The molecule has 0 amide bonds. The molecule has 0 radical (unpaired) electrons. The van der Waals surface area contributed by atoms with Crippen LogP contribution in [0.5, 0.6) is 5.75 Å². The minimum Gasteiger partial charge on any atom is -0.508 e. The topological polar surface area (TPSA) is 49.7 Å². The minimum absolute atomic E-state index is 0.295. The van der Waals surface area contributed by atoms with Crippen molar-refractivity contribution in [3.8, 4) is 5.75 Å². The Hall–Kier alpha value is -1.06. The number of aliphatic hydroxyl groups excluding tert-OH is 1. The number of aryl methyl sites for hydroxylation is 1. The van der Waals surface area contributed by atoms with Crippen molar-refractivity contribution in [1.82, 2.24) is 0 Å². The zero-order chi connectivity index (χ0) is 12.0. The number of hydrogen-bond acceptors (Lipinski definition) is 3. The third-order valence-electron chi connectivity index (χ3n) is 2.66. The Kier molecular flexibility index (Phi) is 5.29. The van der Waals surface area contributed by atoms with Crippen molar-refractivity contribution in [1.29, 1.82) is 0 Å². The molecule has 0 fully saturated rings. The van der Waals surface area contributed by atoms with E-state index in [2.05, 4.69) is 6.92 Å². The predicted octanol–water partition coefficient (Wildman–Crippen LogP) is 2.76. The van der Waals surface area contributed by atoms with Crippen molar-refractivity contribution < 1.29 is 14.9 Å². The minimum atomic E-state index is -0.912. The highest BCUT2D eigenvalue weighted by Gasteiger charge is 2.08. The Labute approximate surface area is 96.7 Å². The van der Waals surface area contributed by atoms with Crippen LogP contribution >= 0.6 is 0 Å². The van der Waals surface area contributed by atoms with E-state index >= 15 is 0 Å².